The van der Waals surface area contributed by atoms with Crippen LogP contribution in [0.15, 0.2) is 51.6 Å². The first-order valence-electron chi connectivity index (χ1n) is 11.9. The van der Waals surface area contributed by atoms with Crippen molar-refractivity contribution in [1.29, 1.82) is 0 Å². The number of aryl methyl sites for hydroxylation is 1. The predicted molar refractivity (Wildman–Crippen MR) is 133 cm³/mol. The Bertz CT molecular complexity index is 1210. The molecular formula is C26H34N2O6S. The number of unbranched alkanes of at least 4 members (excludes halogenated alkanes) is 2. The second-order valence-corrected chi connectivity index (χ2v) is 10.9. The fourth-order valence-electron chi connectivity index (χ4n) is 4.70. The molecule has 0 fully saturated rings. The van der Waals surface area contributed by atoms with Gasteiger partial charge in [0, 0.05) is 11.5 Å². The van der Waals surface area contributed by atoms with Crippen molar-refractivity contribution in [1.82, 2.24) is 9.71 Å². The van der Waals surface area contributed by atoms with Crippen molar-refractivity contribution in [2.24, 2.45) is 5.92 Å². The Balaban J connectivity index is 2.10. The monoisotopic (exact) mass is 502 g/mol. The van der Waals surface area contributed by atoms with Crippen LogP contribution in [-0.2, 0) is 27.7 Å². The number of rotatable bonds is 10. The van der Waals surface area contributed by atoms with Gasteiger partial charge in [0.15, 0.2) is 0 Å². The Labute approximate surface area is 206 Å². The molecule has 8 nitrogen and oxygen atoms in total. The Hall–Kier alpha value is -3.07. The van der Waals surface area contributed by atoms with Crippen LogP contribution in [0.4, 0.5) is 0 Å². The van der Waals surface area contributed by atoms with Crippen LogP contribution >= 0.6 is 0 Å². The normalized spacial score (nSPS) is 18.2. The zero-order chi connectivity index (χ0) is 25.8. The SMILES string of the molecule is C=C(C)C1CCC(C)=CC1c1c(O)cc(CCCCC)c(S(=O)(=O)NC(=O)Cc2ncco2)c1O. The molecule has 3 rings (SSSR count). The number of benzene rings is 1. The summed E-state index contributed by atoms with van der Waals surface area (Å²) < 4.78 is 33.9. The van der Waals surface area contributed by atoms with Crippen molar-refractivity contribution in [3.05, 3.63) is 59.3 Å². The van der Waals surface area contributed by atoms with E-state index in [1.807, 2.05) is 31.6 Å². The van der Waals surface area contributed by atoms with Gasteiger partial charge in [-0.2, -0.15) is 0 Å². The van der Waals surface area contributed by atoms with Crippen molar-refractivity contribution < 1.29 is 27.8 Å². The van der Waals surface area contributed by atoms with E-state index in [2.05, 4.69) is 11.6 Å². The first-order chi connectivity index (χ1) is 16.5. The molecular weight excluding hydrogens is 468 g/mol. The molecule has 0 radical (unpaired) electrons. The van der Waals surface area contributed by atoms with E-state index in [0.29, 0.717) is 12.8 Å². The van der Waals surface area contributed by atoms with Crippen LogP contribution in [0.2, 0.25) is 0 Å². The van der Waals surface area contributed by atoms with Gasteiger partial charge in [0.05, 0.1) is 6.20 Å². The molecule has 1 aromatic heterocycles. The van der Waals surface area contributed by atoms with E-state index < -0.39 is 27.6 Å². The number of phenols is 2. The van der Waals surface area contributed by atoms with Crippen LogP contribution in [0.1, 0.15) is 75.8 Å². The number of hydrogen-bond acceptors (Lipinski definition) is 7. The van der Waals surface area contributed by atoms with Crippen LogP contribution in [0.5, 0.6) is 11.5 Å². The smallest absolute Gasteiger partial charge is 0.268 e. The van der Waals surface area contributed by atoms with Crippen LogP contribution in [0, 0.1) is 5.92 Å². The number of nitrogens with one attached hydrogen (secondary N) is 1. The van der Waals surface area contributed by atoms with E-state index >= 15 is 0 Å². The summed E-state index contributed by atoms with van der Waals surface area (Å²) in [5, 5.41) is 22.4. The van der Waals surface area contributed by atoms with Gasteiger partial charge in [-0.25, -0.2) is 18.1 Å². The average Bonchev–Trinajstić information content (AvgIpc) is 3.25. The number of allylic oxidation sites excluding steroid dienone is 3. The molecule has 35 heavy (non-hydrogen) atoms. The number of phenolic OH excluding ortho intramolecular Hbond substituents is 2. The molecule has 1 aliphatic rings. The molecule has 0 spiro atoms. The topological polar surface area (TPSA) is 130 Å². The lowest BCUT2D eigenvalue weighted by Gasteiger charge is -2.32. The van der Waals surface area contributed by atoms with Crippen LogP contribution in [0.3, 0.4) is 0 Å². The van der Waals surface area contributed by atoms with Gasteiger partial charge in [0.2, 0.25) is 11.8 Å². The maximum Gasteiger partial charge on any atom is 0.268 e. The summed E-state index contributed by atoms with van der Waals surface area (Å²) >= 11 is 0. The number of carbonyl (C=O) groups excluding carboxylic acids is 1. The highest BCUT2D eigenvalue weighted by Gasteiger charge is 2.35. The number of amides is 1. The van der Waals surface area contributed by atoms with E-state index in [0.717, 1.165) is 36.8 Å². The van der Waals surface area contributed by atoms with Crippen molar-refractivity contribution >= 4 is 15.9 Å². The quantitative estimate of drug-likeness (QED) is 0.312. The molecule has 2 aromatic rings. The molecule has 0 saturated carbocycles. The van der Waals surface area contributed by atoms with Gasteiger partial charge in [-0.1, -0.05) is 43.6 Å². The van der Waals surface area contributed by atoms with Gasteiger partial charge < -0.3 is 14.6 Å². The molecule has 0 bridgehead atoms. The number of carbonyl (C=O) groups is 1. The second-order valence-electron chi connectivity index (χ2n) is 9.26. The highest BCUT2D eigenvalue weighted by atomic mass is 32.2. The maximum absolute atomic E-state index is 13.4. The number of oxazole rings is 1. The third-order valence-electron chi connectivity index (χ3n) is 6.42. The fraction of sp³-hybridized carbons (Fsp3) is 0.462. The number of aromatic hydroxyl groups is 2. The number of hydrogen-bond donors (Lipinski definition) is 3. The van der Waals surface area contributed by atoms with Crippen LogP contribution in [-0.4, -0.2) is 29.5 Å². The predicted octanol–water partition coefficient (Wildman–Crippen LogP) is 4.88. The van der Waals surface area contributed by atoms with Crippen molar-refractivity contribution in [2.75, 3.05) is 0 Å². The van der Waals surface area contributed by atoms with Crippen LogP contribution < -0.4 is 4.72 Å². The van der Waals surface area contributed by atoms with E-state index in [1.165, 1.54) is 18.5 Å². The summed E-state index contributed by atoms with van der Waals surface area (Å²) in [4.78, 5) is 15.9. The Morgan fingerprint density at radius 3 is 2.69 bits per heavy atom. The van der Waals surface area contributed by atoms with Crippen molar-refractivity contribution in [3.63, 3.8) is 0 Å². The zero-order valence-corrected chi connectivity index (χ0v) is 21.3. The van der Waals surface area contributed by atoms with E-state index in [-0.39, 0.29) is 40.0 Å². The minimum Gasteiger partial charge on any atom is -0.507 e. The van der Waals surface area contributed by atoms with Crippen molar-refractivity contribution in [3.8, 4) is 11.5 Å². The standard InChI is InChI=1S/C26H34N2O6S/c1-5-6-7-8-18-14-21(29)24(20-13-17(4)9-10-19(20)16(2)3)25(31)26(18)35(32,33)28-22(30)15-23-27-11-12-34-23/h11-14,19-20,29,31H,2,5-10,15H2,1,3-4H3,(H,28,30). The molecule has 1 heterocycles. The molecule has 1 amide bonds. The first kappa shape index (κ1) is 26.5. The molecule has 2 atom stereocenters. The van der Waals surface area contributed by atoms with Gasteiger partial charge in [-0.05, 0) is 57.1 Å². The molecule has 2 unspecified atom stereocenters. The summed E-state index contributed by atoms with van der Waals surface area (Å²) in [7, 11) is -4.46. The summed E-state index contributed by atoms with van der Waals surface area (Å²) in [6.45, 7) is 9.95. The fourth-order valence-corrected chi connectivity index (χ4v) is 6.05. The Morgan fingerprint density at radius 1 is 1.31 bits per heavy atom. The number of nitrogens with zero attached hydrogens (tertiary/aromatic N) is 1. The van der Waals surface area contributed by atoms with Gasteiger partial charge in [-0.3, -0.25) is 4.79 Å². The minimum atomic E-state index is -4.46. The lowest BCUT2D eigenvalue weighted by Crippen LogP contribution is -2.33. The second kappa shape index (κ2) is 11.1. The van der Waals surface area contributed by atoms with E-state index in [1.54, 1.807) is 0 Å². The van der Waals surface area contributed by atoms with Gasteiger partial charge in [-0.15, -0.1) is 0 Å². The number of aromatic nitrogens is 1. The first-order valence-corrected chi connectivity index (χ1v) is 13.4. The summed E-state index contributed by atoms with van der Waals surface area (Å²) in [5.41, 5.74) is 2.36. The Morgan fingerprint density at radius 2 is 2.06 bits per heavy atom. The van der Waals surface area contributed by atoms with Gasteiger partial charge in [0.1, 0.15) is 29.1 Å². The van der Waals surface area contributed by atoms with Crippen LogP contribution in [0.25, 0.3) is 0 Å². The highest BCUT2D eigenvalue weighted by Crippen LogP contribution is 2.49. The zero-order valence-electron chi connectivity index (χ0n) is 20.5. The maximum atomic E-state index is 13.4. The minimum absolute atomic E-state index is 0.0726. The molecule has 9 heteroatoms. The number of sulfonamides is 1. The molecule has 1 aliphatic carbocycles. The third kappa shape index (κ3) is 6.14. The lowest BCUT2D eigenvalue weighted by atomic mass is 9.73. The molecule has 3 N–H and O–H groups in total. The molecule has 1 aromatic carbocycles. The molecule has 190 valence electrons. The lowest BCUT2D eigenvalue weighted by molar-refractivity contribution is -0.119. The van der Waals surface area contributed by atoms with Gasteiger partial charge >= 0.3 is 0 Å². The summed E-state index contributed by atoms with van der Waals surface area (Å²) in [5.74, 6) is -1.98. The highest BCUT2D eigenvalue weighted by molar-refractivity contribution is 7.90. The average molecular weight is 503 g/mol. The summed E-state index contributed by atoms with van der Waals surface area (Å²) in [6.07, 6.45) is 8.61. The van der Waals surface area contributed by atoms with E-state index in [4.69, 9.17) is 4.42 Å². The molecule has 0 saturated heterocycles. The third-order valence-corrected chi connectivity index (χ3v) is 7.91. The largest absolute Gasteiger partial charge is 0.507 e. The van der Waals surface area contributed by atoms with Gasteiger partial charge in [0.25, 0.3) is 10.0 Å². The van der Waals surface area contributed by atoms with Crippen molar-refractivity contribution in [2.45, 2.75) is 76.5 Å². The Kier molecular flexibility index (Phi) is 8.43. The summed E-state index contributed by atoms with van der Waals surface area (Å²) in [6, 6.07) is 1.41. The van der Waals surface area contributed by atoms with E-state index in [9.17, 15) is 23.4 Å². The molecule has 0 aliphatic heterocycles.